The van der Waals surface area contributed by atoms with Crippen LogP contribution >= 0.6 is 11.6 Å². The number of pyridine rings is 1. The third kappa shape index (κ3) is 4.73. The maximum absolute atomic E-state index is 13.1. The Morgan fingerprint density at radius 1 is 1.41 bits per heavy atom. The summed E-state index contributed by atoms with van der Waals surface area (Å²) in [6, 6.07) is 1.72. The number of nitrogens with one attached hydrogen (secondary N) is 1. The van der Waals surface area contributed by atoms with E-state index in [1.807, 2.05) is 25.1 Å². The van der Waals surface area contributed by atoms with Gasteiger partial charge in [0.05, 0.1) is 12.1 Å². The molecule has 1 aromatic heterocycles. The van der Waals surface area contributed by atoms with Crippen LogP contribution in [0, 0.1) is 0 Å². The van der Waals surface area contributed by atoms with E-state index < -0.39 is 11.2 Å². The van der Waals surface area contributed by atoms with E-state index in [1.54, 1.807) is 10.4 Å². The number of carbonyl (C=O) groups is 1. The van der Waals surface area contributed by atoms with Crippen molar-refractivity contribution in [2.45, 2.75) is 50.9 Å². The second-order valence-corrected chi connectivity index (χ2v) is 9.56. The summed E-state index contributed by atoms with van der Waals surface area (Å²) < 4.78 is 22.4. The maximum Gasteiger partial charge on any atom is 0.253 e. The molecule has 0 bridgehead atoms. The van der Waals surface area contributed by atoms with Crippen molar-refractivity contribution in [2.24, 2.45) is 0 Å². The van der Waals surface area contributed by atoms with Crippen molar-refractivity contribution in [3.63, 3.8) is 0 Å². The molecule has 0 aromatic carbocycles. The Balaban J connectivity index is 1.81. The largest absolute Gasteiger partial charge is 0.474 e. The number of fused-ring (bicyclic) bond motifs is 1. The molecular formula is C18H27ClN4O3S. The minimum absolute atomic E-state index is 0.147. The molecule has 1 amide bonds. The predicted octanol–water partition coefficient (Wildman–Crippen LogP) is 2.48. The molecule has 0 saturated carbocycles. The SMILES string of the molecule is CCC(C)(C)NC(=O)c1cnc2c(c1)N(S(=O)N1CCC(Cl)CC1)CCO2. The molecule has 0 aliphatic carbocycles. The molecule has 3 heterocycles. The summed E-state index contributed by atoms with van der Waals surface area (Å²) in [6.45, 7) is 8.23. The highest BCUT2D eigenvalue weighted by Gasteiger charge is 2.31. The lowest BCUT2D eigenvalue weighted by atomic mass is 10.0. The molecule has 27 heavy (non-hydrogen) atoms. The van der Waals surface area contributed by atoms with Crippen LogP contribution in [0.5, 0.6) is 5.88 Å². The van der Waals surface area contributed by atoms with Crippen molar-refractivity contribution in [2.75, 3.05) is 30.5 Å². The van der Waals surface area contributed by atoms with Gasteiger partial charge in [-0.2, -0.15) is 0 Å². The molecule has 2 aliphatic heterocycles. The van der Waals surface area contributed by atoms with E-state index in [4.69, 9.17) is 16.3 Å². The number of rotatable bonds is 5. The molecule has 0 radical (unpaired) electrons. The topological polar surface area (TPSA) is 74.8 Å². The number of ether oxygens (including phenoxy) is 1. The number of hydrogen-bond donors (Lipinski definition) is 1. The Morgan fingerprint density at radius 2 is 2.11 bits per heavy atom. The fourth-order valence-electron chi connectivity index (χ4n) is 2.95. The molecule has 9 heteroatoms. The van der Waals surface area contributed by atoms with E-state index in [0.717, 1.165) is 19.3 Å². The molecule has 0 spiro atoms. The fourth-order valence-corrected chi connectivity index (χ4v) is 4.48. The number of anilines is 1. The molecule has 150 valence electrons. The van der Waals surface area contributed by atoms with Gasteiger partial charge < -0.3 is 10.1 Å². The molecule has 3 rings (SSSR count). The van der Waals surface area contributed by atoms with E-state index in [1.165, 1.54) is 6.20 Å². The third-order valence-corrected chi connectivity index (χ3v) is 7.02. The monoisotopic (exact) mass is 414 g/mol. The number of carbonyl (C=O) groups excluding carboxylic acids is 1. The number of hydrogen-bond acceptors (Lipinski definition) is 4. The first kappa shape index (κ1) is 20.4. The lowest BCUT2D eigenvalue weighted by molar-refractivity contribution is 0.0910. The summed E-state index contributed by atoms with van der Waals surface area (Å²) in [5.41, 5.74) is 0.717. The Kier molecular flexibility index (Phi) is 6.28. The van der Waals surface area contributed by atoms with Crippen molar-refractivity contribution in [1.29, 1.82) is 0 Å². The highest BCUT2D eigenvalue weighted by molar-refractivity contribution is 7.84. The van der Waals surface area contributed by atoms with Gasteiger partial charge in [-0.05, 0) is 39.2 Å². The minimum Gasteiger partial charge on any atom is -0.474 e. The summed E-state index contributed by atoms with van der Waals surface area (Å²) in [7, 11) is 0. The first-order valence-corrected chi connectivity index (χ1v) is 10.8. The Morgan fingerprint density at radius 3 is 2.78 bits per heavy atom. The van der Waals surface area contributed by atoms with Crippen LogP contribution in [0.4, 0.5) is 5.69 Å². The summed E-state index contributed by atoms with van der Waals surface area (Å²) in [6.07, 6.45) is 3.95. The first-order chi connectivity index (χ1) is 12.8. The number of aromatic nitrogens is 1. The van der Waals surface area contributed by atoms with E-state index in [9.17, 15) is 9.00 Å². The predicted molar refractivity (Wildman–Crippen MR) is 108 cm³/mol. The number of halogens is 1. The lowest BCUT2D eigenvalue weighted by Crippen LogP contribution is -2.46. The van der Waals surface area contributed by atoms with Gasteiger partial charge in [-0.1, -0.05) is 6.92 Å². The average Bonchev–Trinajstić information content (AvgIpc) is 2.66. The summed E-state index contributed by atoms with van der Waals surface area (Å²) in [5.74, 6) is 0.213. The number of amides is 1. The summed E-state index contributed by atoms with van der Waals surface area (Å²) in [4.78, 5) is 16.9. The Bertz CT molecular complexity index is 723. The quantitative estimate of drug-likeness (QED) is 0.751. The van der Waals surface area contributed by atoms with Gasteiger partial charge >= 0.3 is 0 Å². The van der Waals surface area contributed by atoms with Crippen LogP contribution in [0.25, 0.3) is 0 Å². The van der Waals surface area contributed by atoms with Crippen LogP contribution < -0.4 is 14.4 Å². The number of alkyl halides is 1. The molecule has 7 nitrogen and oxygen atoms in total. The molecule has 1 aromatic rings. The van der Waals surface area contributed by atoms with E-state index in [-0.39, 0.29) is 16.8 Å². The van der Waals surface area contributed by atoms with Crippen molar-refractivity contribution in [3.8, 4) is 5.88 Å². The van der Waals surface area contributed by atoms with Gasteiger partial charge in [-0.15, -0.1) is 11.6 Å². The van der Waals surface area contributed by atoms with Crippen molar-refractivity contribution in [1.82, 2.24) is 14.6 Å². The van der Waals surface area contributed by atoms with Crippen LogP contribution in [0.1, 0.15) is 50.4 Å². The van der Waals surface area contributed by atoms with E-state index in [0.29, 0.717) is 43.4 Å². The maximum atomic E-state index is 13.1. The van der Waals surface area contributed by atoms with Gasteiger partial charge in [0.2, 0.25) is 5.88 Å². The fraction of sp³-hybridized carbons (Fsp3) is 0.667. The highest BCUT2D eigenvalue weighted by Crippen LogP contribution is 2.32. The second-order valence-electron chi connectivity index (χ2n) is 7.52. The molecule has 1 saturated heterocycles. The zero-order chi connectivity index (χ0) is 19.6. The zero-order valence-electron chi connectivity index (χ0n) is 16.0. The van der Waals surface area contributed by atoms with Crippen molar-refractivity contribution >= 4 is 34.4 Å². The van der Waals surface area contributed by atoms with Crippen LogP contribution in [-0.4, -0.2) is 56.6 Å². The van der Waals surface area contributed by atoms with Crippen molar-refractivity contribution < 1.29 is 13.7 Å². The number of nitrogens with zero attached hydrogens (tertiary/aromatic N) is 3. The molecular weight excluding hydrogens is 388 g/mol. The molecule has 2 aliphatic rings. The number of piperidine rings is 1. The van der Waals surface area contributed by atoms with Gasteiger partial charge in [0.15, 0.2) is 11.2 Å². The summed E-state index contributed by atoms with van der Waals surface area (Å²) >= 11 is 4.81. The van der Waals surface area contributed by atoms with Crippen LogP contribution in [0.15, 0.2) is 12.3 Å². The zero-order valence-corrected chi connectivity index (χ0v) is 17.6. The Hall–Kier alpha value is -1.38. The minimum atomic E-state index is -1.36. The van der Waals surface area contributed by atoms with E-state index in [2.05, 4.69) is 10.3 Å². The lowest BCUT2D eigenvalue weighted by Gasteiger charge is -2.35. The summed E-state index contributed by atoms with van der Waals surface area (Å²) in [5, 5.41) is 3.15. The molecule has 1 unspecified atom stereocenters. The Labute approximate surface area is 168 Å². The molecule has 1 atom stereocenters. The molecule has 1 fully saturated rings. The van der Waals surface area contributed by atoms with Crippen LogP contribution in [0.3, 0.4) is 0 Å². The average molecular weight is 415 g/mol. The van der Waals surface area contributed by atoms with Gasteiger partial charge in [0.25, 0.3) is 5.91 Å². The van der Waals surface area contributed by atoms with Crippen molar-refractivity contribution in [3.05, 3.63) is 17.8 Å². The van der Waals surface area contributed by atoms with E-state index >= 15 is 0 Å². The molecule has 1 N–H and O–H groups in total. The first-order valence-electron chi connectivity index (χ1n) is 9.34. The van der Waals surface area contributed by atoms with Gasteiger partial charge in [0, 0.05) is 30.2 Å². The van der Waals surface area contributed by atoms with Gasteiger partial charge in [-0.25, -0.2) is 13.5 Å². The smallest absolute Gasteiger partial charge is 0.253 e. The third-order valence-electron chi connectivity index (χ3n) is 5.02. The second kappa shape index (κ2) is 8.32. The van der Waals surface area contributed by atoms with Crippen LogP contribution in [-0.2, 0) is 11.2 Å². The highest BCUT2D eigenvalue weighted by atomic mass is 35.5. The normalized spacial score (nSPS) is 19.9. The van der Waals surface area contributed by atoms with Gasteiger partial charge in [0.1, 0.15) is 12.3 Å². The standard InChI is InChI=1S/C18H27ClN4O3S/c1-4-18(2,3)21-16(24)13-11-15-17(20-12-13)26-10-9-23(15)27(25)22-7-5-14(19)6-8-22/h11-12,14H,4-10H2,1-3H3,(H,21,24). The van der Waals surface area contributed by atoms with Gasteiger partial charge in [-0.3, -0.25) is 9.10 Å². The van der Waals surface area contributed by atoms with Crippen LogP contribution in [0.2, 0.25) is 0 Å².